The Morgan fingerprint density at radius 1 is 0.333 bits per heavy atom. The number of nitrogens with zero attached hydrogens (tertiary/aromatic N) is 2. The van der Waals surface area contributed by atoms with Crippen molar-refractivity contribution in [3.8, 4) is 39.1 Å². The summed E-state index contributed by atoms with van der Waals surface area (Å²) in [5, 5.41) is 5.13. The van der Waals surface area contributed by atoms with E-state index in [4.69, 9.17) is 0 Å². The van der Waals surface area contributed by atoms with E-state index in [1.165, 1.54) is 66.0 Å². The first kappa shape index (κ1) is 31.6. The van der Waals surface area contributed by atoms with Crippen LogP contribution in [-0.4, -0.2) is 4.57 Å². The van der Waals surface area contributed by atoms with Gasteiger partial charge in [-0.05, 0) is 99.3 Å². The van der Waals surface area contributed by atoms with Crippen LogP contribution in [0.25, 0.3) is 71.6 Å². The second-order valence-electron chi connectivity index (χ2n) is 13.8. The Balaban J connectivity index is 1.04. The molecule has 0 fully saturated rings. The molecule has 254 valence electrons. The molecule has 0 amide bonds. The Morgan fingerprint density at radius 2 is 0.870 bits per heavy atom. The van der Waals surface area contributed by atoms with E-state index in [0.29, 0.717) is 0 Å². The maximum absolute atomic E-state index is 2.40. The highest BCUT2D eigenvalue weighted by atomic mass is 15.1. The molecule has 0 radical (unpaired) electrons. The van der Waals surface area contributed by atoms with E-state index >= 15 is 0 Å². The summed E-state index contributed by atoms with van der Waals surface area (Å²) in [5.41, 5.74) is 14.0. The van der Waals surface area contributed by atoms with E-state index in [1.807, 2.05) is 0 Å². The Kier molecular flexibility index (Phi) is 7.85. The first-order chi connectivity index (χ1) is 26.8. The van der Waals surface area contributed by atoms with Crippen molar-refractivity contribution in [3.05, 3.63) is 218 Å². The zero-order chi connectivity index (χ0) is 35.8. The molecule has 2 heteroatoms. The van der Waals surface area contributed by atoms with Crippen LogP contribution in [0.4, 0.5) is 17.1 Å². The summed E-state index contributed by atoms with van der Waals surface area (Å²) in [6.07, 6.45) is 0. The third kappa shape index (κ3) is 5.53. The van der Waals surface area contributed by atoms with Gasteiger partial charge in [0, 0.05) is 33.4 Å². The monoisotopic (exact) mass is 688 g/mol. The van der Waals surface area contributed by atoms with Gasteiger partial charge in [-0.3, -0.25) is 0 Å². The highest BCUT2D eigenvalue weighted by molar-refractivity contribution is 6.21. The van der Waals surface area contributed by atoms with Crippen LogP contribution in [0.15, 0.2) is 218 Å². The van der Waals surface area contributed by atoms with E-state index in [9.17, 15) is 0 Å². The quantitative estimate of drug-likeness (QED) is 0.162. The molecule has 0 unspecified atom stereocenters. The normalized spacial score (nSPS) is 11.3. The molecule has 0 aliphatic heterocycles. The second kappa shape index (κ2) is 13.4. The molecule has 0 bridgehead atoms. The number of hydrogen-bond acceptors (Lipinski definition) is 1. The third-order valence-corrected chi connectivity index (χ3v) is 10.6. The van der Waals surface area contributed by atoms with Gasteiger partial charge < -0.3 is 9.47 Å². The predicted octanol–water partition coefficient (Wildman–Crippen LogP) is 14.4. The van der Waals surface area contributed by atoms with E-state index in [2.05, 4.69) is 228 Å². The van der Waals surface area contributed by atoms with Crippen LogP contribution < -0.4 is 4.90 Å². The zero-order valence-electron chi connectivity index (χ0n) is 29.7. The fraction of sp³-hybridized carbons (Fsp3) is 0. The molecule has 1 aromatic heterocycles. The first-order valence-electron chi connectivity index (χ1n) is 18.5. The van der Waals surface area contributed by atoms with Crippen molar-refractivity contribution in [1.29, 1.82) is 0 Å². The first-order valence-corrected chi connectivity index (χ1v) is 18.5. The van der Waals surface area contributed by atoms with Crippen LogP contribution in [-0.2, 0) is 0 Å². The molecule has 0 aliphatic rings. The summed E-state index contributed by atoms with van der Waals surface area (Å²) in [4.78, 5) is 2.37. The molecule has 0 atom stereocenters. The number of anilines is 3. The fourth-order valence-electron chi connectivity index (χ4n) is 8.02. The lowest BCUT2D eigenvalue weighted by Gasteiger charge is -2.28. The number of rotatable bonds is 7. The maximum Gasteiger partial charge on any atom is 0.0547 e. The van der Waals surface area contributed by atoms with Crippen LogP contribution in [0.3, 0.4) is 0 Å². The summed E-state index contributed by atoms with van der Waals surface area (Å²) in [6.45, 7) is 0. The molecule has 10 rings (SSSR count). The van der Waals surface area contributed by atoms with E-state index < -0.39 is 0 Å². The van der Waals surface area contributed by atoms with Crippen molar-refractivity contribution in [2.24, 2.45) is 0 Å². The maximum atomic E-state index is 2.40. The van der Waals surface area contributed by atoms with Gasteiger partial charge >= 0.3 is 0 Å². The largest absolute Gasteiger partial charge is 0.310 e. The lowest BCUT2D eigenvalue weighted by Crippen LogP contribution is -2.11. The Bertz CT molecular complexity index is 2890. The molecule has 0 saturated heterocycles. The minimum Gasteiger partial charge on any atom is -0.310 e. The number of fused-ring (bicyclic) bond motifs is 5. The standard InChI is InChI=1S/C52H36N2/c1-4-14-37(15-5-1)42-29-34-50(48(36-42)40-16-6-2-7-17-40)53(43-19-8-3-9-20-43)44-30-24-38(25-31-44)39-26-32-45(33-27-39)54-49-23-13-12-22-47(49)52-46-21-11-10-18-41(46)28-35-51(52)54/h1-36H. The van der Waals surface area contributed by atoms with Gasteiger partial charge in [0.1, 0.15) is 0 Å². The molecular formula is C52H36N2. The van der Waals surface area contributed by atoms with Crippen LogP contribution in [0, 0.1) is 0 Å². The van der Waals surface area contributed by atoms with Crippen molar-refractivity contribution in [2.45, 2.75) is 0 Å². The average Bonchev–Trinajstić information content (AvgIpc) is 3.60. The van der Waals surface area contributed by atoms with Crippen molar-refractivity contribution >= 4 is 49.6 Å². The van der Waals surface area contributed by atoms with Crippen molar-refractivity contribution in [3.63, 3.8) is 0 Å². The Labute approximate surface area is 315 Å². The number of hydrogen-bond donors (Lipinski definition) is 0. The second-order valence-corrected chi connectivity index (χ2v) is 13.8. The van der Waals surface area contributed by atoms with E-state index in [0.717, 1.165) is 22.7 Å². The lowest BCUT2D eigenvalue weighted by molar-refractivity contribution is 1.18. The molecule has 54 heavy (non-hydrogen) atoms. The van der Waals surface area contributed by atoms with E-state index in [-0.39, 0.29) is 0 Å². The molecular weight excluding hydrogens is 653 g/mol. The van der Waals surface area contributed by atoms with Gasteiger partial charge in [0.25, 0.3) is 0 Å². The summed E-state index contributed by atoms with van der Waals surface area (Å²) < 4.78 is 2.40. The molecule has 0 spiro atoms. The van der Waals surface area contributed by atoms with Gasteiger partial charge in [0.05, 0.1) is 16.7 Å². The smallest absolute Gasteiger partial charge is 0.0547 e. The molecule has 0 saturated carbocycles. The van der Waals surface area contributed by atoms with Crippen molar-refractivity contribution in [2.75, 3.05) is 4.90 Å². The van der Waals surface area contributed by atoms with Crippen LogP contribution in [0.5, 0.6) is 0 Å². The number of para-hydroxylation sites is 2. The lowest BCUT2D eigenvalue weighted by atomic mass is 9.96. The fourth-order valence-corrected chi connectivity index (χ4v) is 8.02. The van der Waals surface area contributed by atoms with Crippen LogP contribution >= 0.6 is 0 Å². The topological polar surface area (TPSA) is 8.17 Å². The van der Waals surface area contributed by atoms with Gasteiger partial charge in [-0.1, -0.05) is 158 Å². The number of benzene rings is 9. The predicted molar refractivity (Wildman–Crippen MR) is 229 cm³/mol. The van der Waals surface area contributed by atoms with Crippen LogP contribution in [0.2, 0.25) is 0 Å². The van der Waals surface area contributed by atoms with Crippen molar-refractivity contribution in [1.82, 2.24) is 4.57 Å². The molecule has 10 aromatic rings. The molecule has 2 nitrogen and oxygen atoms in total. The number of aromatic nitrogens is 1. The van der Waals surface area contributed by atoms with Gasteiger partial charge in [0.15, 0.2) is 0 Å². The minimum atomic E-state index is 1.10. The summed E-state index contributed by atoms with van der Waals surface area (Å²) in [7, 11) is 0. The van der Waals surface area contributed by atoms with Gasteiger partial charge in [-0.25, -0.2) is 0 Å². The van der Waals surface area contributed by atoms with Gasteiger partial charge in [-0.15, -0.1) is 0 Å². The SMILES string of the molecule is c1ccc(-c2ccc(N(c3ccccc3)c3ccc(-c4ccc(-n5c6ccccc6c6c7ccccc7ccc65)cc4)cc3)c(-c3ccccc3)c2)cc1. The van der Waals surface area contributed by atoms with E-state index in [1.54, 1.807) is 0 Å². The Morgan fingerprint density at radius 3 is 1.59 bits per heavy atom. The molecule has 0 aliphatic carbocycles. The summed E-state index contributed by atoms with van der Waals surface area (Å²) >= 11 is 0. The zero-order valence-corrected chi connectivity index (χ0v) is 29.7. The van der Waals surface area contributed by atoms with Gasteiger partial charge in [-0.2, -0.15) is 0 Å². The summed E-state index contributed by atoms with van der Waals surface area (Å²) in [5.74, 6) is 0. The van der Waals surface area contributed by atoms with Crippen LogP contribution in [0.1, 0.15) is 0 Å². The highest BCUT2D eigenvalue weighted by Gasteiger charge is 2.19. The minimum absolute atomic E-state index is 1.10. The Hall–Kier alpha value is -7.16. The van der Waals surface area contributed by atoms with Gasteiger partial charge in [0.2, 0.25) is 0 Å². The molecule has 1 heterocycles. The summed E-state index contributed by atoms with van der Waals surface area (Å²) in [6, 6.07) is 78.7. The average molecular weight is 689 g/mol. The highest BCUT2D eigenvalue weighted by Crippen LogP contribution is 2.43. The van der Waals surface area contributed by atoms with Crippen molar-refractivity contribution < 1.29 is 0 Å². The third-order valence-electron chi connectivity index (χ3n) is 10.6. The molecule has 0 N–H and O–H groups in total. The molecule has 9 aromatic carbocycles.